The van der Waals surface area contributed by atoms with Gasteiger partial charge in [-0.05, 0) is 25.1 Å². The van der Waals surface area contributed by atoms with Crippen LogP contribution in [0.2, 0.25) is 4.34 Å². The summed E-state index contributed by atoms with van der Waals surface area (Å²) in [7, 11) is 0. The predicted octanol–water partition coefficient (Wildman–Crippen LogP) is 2.77. The summed E-state index contributed by atoms with van der Waals surface area (Å²) in [5, 5.41) is 12.5. The summed E-state index contributed by atoms with van der Waals surface area (Å²) >= 11 is 7.07. The van der Waals surface area contributed by atoms with Gasteiger partial charge in [0.2, 0.25) is 0 Å². The van der Waals surface area contributed by atoms with Crippen molar-refractivity contribution >= 4 is 28.8 Å². The lowest BCUT2D eigenvalue weighted by Crippen LogP contribution is -2.28. The summed E-state index contributed by atoms with van der Waals surface area (Å²) in [5.41, 5.74) is 0.478. The molecule has 1 atom stereocenters. The Balaban J connectivity index is 1.92. The maximum Gasteiger partial charge on any atom is 0.254 e. The third kappa shape index (κ3) is 2.93. The molecule has 0 aliphatic rings. The molecule has 2 rings (SSSR count). The molecule has 6 heteroatoms. The van der Waals surface area contributed by atoms with Crippen LogP contribution in [0.5, 0.6) is 0 Å². The van der Waals surface area contributed by atoms with Crippen molar-refractivity contribution < 1.29 is 14.3 Å². The van der Waals surface area contributed by atoms with Crippen molar-refractivity contribution in [1.29, 1.82) is 0 Å². The molecule has 1 amide bonds. The first-order valence-electron chi connectivity index (χ1n) is 5.33. The largest absolute Gasteiger partial charge is 0.469 e. The number of aliphatic hydroxyl groups is 1. The quantitative estimate of drug-likeness (QED) is 0.908. The zero-order chi connectivity index (χ0) is 13.1. The van der Waals surface area contributed by atoms with Gasteiger partial charge in [-0.2, -0.15) is 0 Å². The summed E-state index contributed by atoms with van der Waals surface area (Å²) in [6.45, 7) is 1.85. The highest BCUT2D eigenvalue weighted by Crippen LogP contribution is 2.26. The van der Waals surface area contributed by atoms with Gasteiger partial charge in [0.25, 0.3) is 5.91 Å². The summed E-state index contributed by atoms with van der Waals surface area (Å²) in [6.07, 6.45) is 0.707. The lowest BCUT2D eigenvalue weighted by Gasteiger charge is -2.09. The van der Waals surface area contributed by atoms with Gasteiger partial charge in [-0.25, -0.2) is 0 Å². The van der Waals surface area contributed by atoms with E-state index in [0.29, 0.717) is 15.7 Å². The first-order chi connectivity index (χ1) is 8.58. The SMILES string of the molecule is Cc1occc1C(=O)NCC(O)c1ccc(Cl)s1. The molecule has 0 aliphatic carbocycles. The molecule has 2 heterocycles. The molecule has 96 valence electrons. The Morgan fingerprint density at radius 3 is 2.89 bits per heavy atom. The molecule has 0 saturated heterocycles. The predicted molar refractivity (Wildman–Crippen MR) is 70.1 cm³/mol. The van der Waals surface area contributed by atoms with Crippen LogP contribution in [0.25, 0.3) is 0 Å². The first kappa shape index (κ1) is 13.1. The second-order valence-corrected chi connectivity index (χ2v) is 5.50. The van der Waals surface area contributed by atoms with E-state index in [4.69, 9.17) is 16.0 Å². The number of amides is 1. The van der Waals surface area contributed by atoms with E-state index in [1.54, 1.807) is 25.1 Å². The van der Waals surface area contributed by atoms with Crippen molar-refractivity contribution in [1.82, 2.24) is 5.32 Å². The van der Waals surface area contributed by atoms with Crippen LogP contribution in [0.1, 0.15) is 27.1 Å². The number of furan rings is 1. The number of halogens is 1. The van der Waals surface area contributed by atoms with E-state index in [-0.39, 0.29) is 12.5 Å². The van der Waals surface area contributed by atoms with Crippen LogP contribution in [-0.2, 0) is 0 Å². The fourth-order valence-corrected chi connectivity index (χ4v) is 2.56. The highest BCUT2D eigenvalue weighted by atomic mass is 35.5. The molecule has 0 radical (unpaired) electrons. The van der Waals surface area contributed by atoms with Gasteiger partial charge in [-0.3, -0.25) is 4.79 Å². The van der Waals surface area contributed by atoms with Crippen molar-refractivity contribution in [2.24, 2.45) is 0 Å². The number of aliphatic hydroxyl groups excluding tert-OH is 1. The van der Waals surface area contributed by atoms with Gasteiger partial charge < -0.3 is 14.8 Å². The Kier molecular flexibility index (Phi) is 4.06. The molecule has 2 aromatic heterocycles. The minimum atomic E-state index is -0.751. The fourth-order valence-electron chi connectivity index (χ4n) is 1.51. The van der Waals surface area contributed by atoms with Gasteiger partial charge >= 0.3 is 0 Å². The minimum Gasteiger partial charge on any atom is -0.469 e. The van der Waals surface area contributed by atoms with Crippen LogP contribution >= 0.6 is 22.9 Å². The molecule has 1 unspecified atom stereocenters. The number of nitrogens with one attached hydrogen (secondary N) is 1. The van der Waals surface area contributed by atoms with Crippen molar-refractivity contribution in [3.05, 3.63) is 45.0 Å². The number of aryl methyl sites for hydroxylation is 1. The van der Waals surface area contributed by atoms with E-state index in [9.17, 15) is 9.90 Å². The molecule has 0 spiro atoms. The van der Waals surface area contributed by atoms with Crippen LogP contribution in [0.3, 0.4) is 0 Å². The number of rotatable bonds is 4. The normalized spacial score (nSPS) is 12.4. The maximum absolute atomic E-state index is 11.8. The smallest absolute Gasteiger partial charge is 0.254 e. The van der Waals surface area contributed by atoms with Crippen molar-refractivity contribution in [2.75, 3.05) is 6.54 Å². The van der Waals surface area contributed by atoms with E-state index in [2.05, 4.69) is 5.32 Å². The molecule has 0 aromatic carbocycles. The monoisotopic (exact) mass is 285 g/mol. The Bertz CT molecular complexity index is 549. The summed E-state index contributed by atoms with van der Waals surface area (Å²) in [6, 6.07) is 5.05. The average Bonchev–Trinajstić information content (AvgIpc) is 2.94. The second-order valence-electron chi connectivity index (χ2n) is 3.76. The van der Waals surface area contributed by atoms with Crippen molar-refractivity contribution in [3.63, 3.8) is 0 Å². The molecule has 2 N–H and O–H groups in total. The van der Waals surface area contributed by atoms with Gasteiger partial charge in [0, 0.05) is 11.4 Å². The Morgan fingerprint density at radius 1 is 1.56 bits per heavy atom. The van der Waals surface area contributed by atoms with E-state index < -0.39 is 6.10 Å². The summed E-state index contributed by atoms with van der Waals surface area (Å²) in [5.74, 6) is 0.295. The molecular formula is C12H12ClNO3S. The van der Waals surface area contributed by atoms with E-state index in [1.165, 1.54) is 17.6 Å². The number of hydrogen-bond acceptors (Lipinski definition) is 4. The zero-order valence-electron chi connectivity index (χ0n) is 9.64. The lowest BCUT2D eigenvalue weighted by atomic mass is 10.2. The third-order valence-electron chi connectivity index (χ3n) is 2.48. The topological polar surface area (TPSA) is 62.5 Å². The van der Waals surface area contributed by atoms with Gasteiger partial charge in [0.05, 0.1) is 16.2 Å². The molecule has 0 aliphatic heterocycles. The highest BCUT2D eigenvalue weighted by molar-refractivity contribution is 7.16. The Hall–Kier alpha value is -1.30. The van der Waals surface area contributed by atoms with Gasteiger partial charge in [-0.15, -0.1) is 11.3 Å². The molecule has 2 aromatic rings. The average molecular weight is 286 g/mol. The molecule has 0 fully saturated rings. The molecule has 18 heavy (non-hydrogen) atoms. The number of carbonyl (C=O) groups excluding carboxylic acids is 1. The van der Waals surface area contributed by atoms with Crippen LogP contribution < -0.4 is 5.32 Å². The number of carbonyl (C=O) groups is 1. The van der Waals surface area contributed by atoms with Gasteiger partial charge in [0.1, 0.15) is 11.9 Å². The highest BCUT2D eigenvalue weighted by Gasteiger charge is 2.15. The fraction of sp³-hybridized carbons (Fsp3) is 0.250. The number of hydrogen-bond donors (Lipinski definition) is 2. The van der Waals surface area contributed by atoms with Crippen LogP contribution in [0.15, 0.2) is 28.9 Å². The number of thiophene rings is 1. The molecule has 0 bridgehead atoms. The van der Waals surface area contributed by atoms with Gasteiger partial charge in [0.15, 0.2) is 0 Å². The van der Waals surface area contributed by atoms with Crippen LogP contribution in [0, 0.1) is 6.92 Å². The van der Waals surface area contributed by atoms with Gasteiger partial charge in [-0.1, -0.05) is 11.6 Å². The zero-order valence-corrected chi connectivity index (χ0v) is 11.2. The maximum atomic E-state index is 11.8. The summed E-state index contributed by atoms with van der Waals surface area (Å²) in [4.78, 5) is 12.5. The van der Waals surface area contributed by atoms with Crippen LogP contribution in [0.4, 0.5) is 0 Å². The van der Waals surface area contributed by atoms with E-state index >= 15 is 0 Å². The van der Waals surface area contributed by atoms with Crippen molar-refractivity contribution in [3.8, 4) is 0 Å². The lowest BCUT2D eigenvalue weighted by molar-refractivity contribution is 0.0916. The van der Waals surface area contributed by atoms with E-state index in [1.807, 2.05) is 0 Å². The third-order valence-corrected chi connectivity index (χ3v) is 3.81. The second kappa shape index (κ2) is 5.56. The Labute approximate surface area is 113 Å². The molecular weight excluding hydrogens is 274 g/mol. The summed E-state index contributed by atoms with van der Waals surface area (Å²) < 4.78 is 5.65. The Morgan fingerprint density at radius 2 is 2.33 bits per heavy atom. The van der Waals surface area contributed by atoms with E-state index in [0.717, 1.165) is 4.88 Å². The minimum absolute atomic E-state index is 0.139. The van der Waals surface area contributed by atoms with Crippen LogP contribution in [-0.4, -0.2) is 17.6 Å². The molecule has 4 nitrogen and oxygen atoms in total. The standard InChI is InChI=1S/C12H12ClNO3S/c1-7-8(4-5-17-7)12(16)14-6-9(15)10-2-3-11(13)18-10/h2-5,9,15H,6H2,1H3,(H,14,16). The van der Waals surface area contributed by atoms with Crippen molar-refractivity contribution in [2.45, 2.75) is 13.0 Å². The molecule has 0 saturated carbocycles. The first-order valence-corrected chi connectivity index (χ1v) is 6.53.